The second-order valence-corrected chi connectivity index (χ2v) is 9.53. The van der Waals surface area contributed by atoms with Crippen molar-refractivity contribution in [3.05, 3.63) is 59.7 Å². The molecular weight excluding hydrogens is 443 g/mol. The number of aromatic hydroxyl groups is 2. The molecule has 3 rings (SSSR count). The number of benzene rings is 2. The van der Waals surface area contributed by atoms with Crippen LogP contribution in [0.25, 0.3) is 0 Å². The number of hydrogen-bond acceptors (Lipinski definition) is 4. The zero-order chi connectivity index (χ0) is 21.2. The molecule has 0 bridgehead atoms. The van der Waals surface area contributed by atoms with Crippen molar-refractivity contribution in [2.75, 3.05) is 0 Å². The zero-order valence-electron chi connectivity index (χ0n) is 16.6. The van der Waals surface area contributed by atoms with Crippen LogP contribution in [0.2, 0.25) is 0 Å². The van der Waals surface area contributed by atoms with Crippen LogP contribution in [0.5, 0.6) is 11.5 Å². The fourth-order valence-electron chi connectivity index (χ4n) is 3.59. The molecule has 4 nitrogen and oxygen atoms in total. The molecule has 2 aromatic rings. The molecule has 0 amide bonds. The van der Waals surface area contributed by atoms with Crippen LogP contribution in [0.3, 0.4) is 0 Å². The van der Waals surface area contributed by atoms with E-state index in [0.717, 1.165) is 48.2 Å². The van der Waals surface area contributed by atoms with E-state index in [1.165, 1.54) is 0 Å². The summed E-state index contributed by atoms with van der Waals surface area (Å²) in [6.45, 7) is 3.89. The molecule has 0 spiro atoms. The molecule has 0 saturated heterocycles. The molecule has 2 aromatic carbocycles. The summed E-state index contributed by atoms with van der Waals surface area (Å²) in [5.74, 6) is 0.519. The van der Waals surface area contributed by atoms with E-state index < -0.39 is 17.0 Å². The van der Waals surface area contributed by atoms with Gasteiger partial charge >= 0.3 is 35.6 Å². The van der Waals surface area contributed by atoms with Gasteiger partial charge in [-0.1, -0.05) is 37.1 Å². The molecular formula is C22H26Cl2N2O2Ti. The van der Waals surface area contributed by atoms with E-state index in [2.05, 4.69) is 0 Å². The van der Waals surface area contributed by atoms with Crippen LogP contribution in [0.4, 0.5) is 0 Å². The van der Waals surface area contributed by atoms with Gasteiger partial charge in [0.2, 0.25) is 0 Å². The number of hydrogen-bond donors (Lipinski definition) is 2. The monoisotopic (exact) mass is 468 g/mol. The van der Waals surface area contributed by atoms with Gasteiger partial charge in [0.15, 0.2) is 0 Å². The minimum absolute atomic E-state index is 0.101. The molecule has 2 atom stereocenters. The Morgan fingerprint density at radius 2 is 1.14 bits per heavy atom. The van der Waals surface area contributed by atoms with Crippen molar-refractivity contribution in [2.24, 2.45) is 9.98 Å². The van der Waals surface area contributed by atoms with Gasteiger partial charge in [-0.05, 0) is 51.0 Å². The minimum atomic E-state index is -0.556. The van der Waals surface area contributed by atoms with E-state index in [1.807, 2.05) is 50.2 Å². The number of phenols is 2. The van der Waals surface area contributed by atoms with Crippen molar-refractivity contribution in [3.63, 3.8) is 0 Å². The Kier molecular flexibility index (Phi) is 10.2. The van der Waals surface area contributed by atoms with Crippen LogP contribution in [-0.4, -0.2) is 33.7 Å². The molecule has 1 aliphatic carbocycles. The Bertz CT molecular complexity index is 789. The predicted octanol–water partition coefficient (Wildman–Crippen LogP) is 6.10. The van der Waals surface area contributed by atoms with Crippen molar-refractivity contribution in [3.8, 4) is 11.5 Å². The summed E-state index contributed by atoms with van der Waals surface area (Å²) in [6.07, 6.45) is 4.27. The Morgan fingerprint density at radius 1 is 0.793 bits per heavy atom. The van der Waals surface area contributed by atoms with Crippen molar-refractivity contribution in [2.45, 2.75) is 51.6 Å². The number of para-hydroxylation sites is 2. The third kappa shape index (κ3) is 7.15. The van der Waals surface area contributed by atoms with Gasteiger partial charge in [-0.2, -0.15) is 0 Å². The van der Waals surface area contributed by atoms with Gasteiger partial charge in [0.25, 0.3) is 0 Å². The van der Waals surface area contributed by atoms with Gasteiger partial charge in [0.1, 0.15) is 11.5 Å². The summed E-state index contributed by atoms with van der Waals surface area (Å²) in [4.78, 5) is 9.81. The molecule has 7 heteroatoms. The average molecular weight is 469 g/mol. The van der Waals surface area contributed by atoms with E-state index in [4.69, 9.17) is 28.6 Å². The van der Waals surface area contributed by atoms with Crippen LogP contribution in [-0.2, 0) is 17.0 Å². The van der Waals surface area contributed by atoms with Crippen LogP contribution in [0, 0.1) is 0 Å². The summed E-state index contributed by atoms with van der Waals surface area (Å²) >= 11 is -0.556. The summed E-state index contributed by atoms with van der Waals surface area (Å²) in [5.41, 5.74) is 3.24. The van der Waals surface area contributed by atoms with E-state index in [0.29, 0.717) is 0 Å². The molecule has 154 valence electrons. The Morgan fingerprint density at radius 3 is 1.48 bits per heavy atom. The van der Waals surface area contributed by atoms with Crippen LogP contribution in [0.15, 0.2) is 58.5 Å². The van der Waals surface area contributed by atoms with E-state index in [-0.39, 0.29) is 23.6 Å². The number of phenolic OH excluding ortho intramolecular Hbond substituents is 2. The Balaban J connectivity index is 0.000000941. The van der Waals surface area contributed by atoms with E-state index >= 15 is 0 Å². The van der Waals surface area contributed by atoms with Gasteiger partial charge in [-0.15, -0.1) is 0 Å². The maximum absolute atomic E-state index is 10.1. The van der Waals surface area contributed by atoms with Crippen LogP contribution >= 0.6 is 18.6 Å². The number of aliphatic imine (C=N–C) groups is 2. The molecule has 0 heterocycles. The van der Waals surface area contributed by atoms with Crippen molar-refractivity contribution >= 4 is 30.0 Å². The zero-order valence-corrected chi connectivity index (χ0v) is 19.7. The van der Waals surface area contributed by atoms with Gasteiger partial charge < -0.3 is 10.2 Å². The molecule has 1 aliphatic rings. The molecule has 29 heavy (non-hydrogen) atoms. The number of rotatable bonds is 4. The molecule has 0 aliphatic heterocycles. The normalized spacial score (nSPS) is 19.9. The topological polar surface area (TPSA) is 65.2 Å². The summed E-state index contributed by atoms with van der Waals surface area (Å²) in [6, 6.07) is 14.8. The average Bonchev–Trinajstić information content (AvgIpc) is 2.70. The van der Waals surface area contributed by atoms with Crippen LogP contribution in [0.1, 0.15) is 50.7 Å². The standard InChI is InChI=1S/C22H26N2O2.2ClH.Ti/c1-15(17-9-3-7-13-21(17)25)23-19-11-5-6-12-20(19)24-16(2)18-10-4-8-14-22(18)26;;;/h3-4,7-10,13-14,19-20,25-26H,5-6,11-12H2,1-2H3;2*1H;/q;;;+2/p-2. The van der Waals surface area contributed by atoms with Gasteiger partial charge in [0, 0.05) is 22.6 Å². The number of nitrogens with zero attached hydrogens (tertiary/aromatic N) is 2. The molecule has 2 N–H and O–H groups in total. The van der Waals surface area contributed by atoms with Crippen LogP contribution < -0.4 is 0 Å². The first-order valence-corrected chi connectivity index (χ1v) is 13.9. The predicted molar refractivity (Wildman–Crippen MR) is 118 cm³/mol. The molecule has 0 aromatic heterocycles. The number of halogens is 2. The van der Waals surface area contributed by atoms with Crippen molar-refractivity contribution in [1.82, 2.24) is 0 Å². The first kappa shape index (κ1) is 23.9. The quantitative estimate of drug-likeness (QED) is 0.420. The third-order valence-corrected chi connectivity index (χ3v) is 5.00. The Labute approximate surface area is 189 Å². The van der Waals surface area contributed by atoms with Crippen molar-refractivity contribution in [1.29, 1.82) is 0 Å². The fourth-order valence-corrected chi connectivity index (χ4v) is 3.59. The third-order valence-electron chi connectivity index (χ3n) is 5.00. The molecule has 2 unspecified atom stereocenters. The summed E-state index contributed by atoms with van der Waals surface area (Å²) in [5, 5.41) is 20.1. The second kappa shape index (κ2) is 12.4. The fraction of sp³-hybridized carbons (Fsp3) is 0.364. The summed E-state index contributed by atoms with van der Waals surface area (Å²) in [7, 11) is 9.78. The Hall–Kier alpha value is -1.33. The first-order valence-electron chi connectivity index (χ1n) is 9.59. The van der Waals surface area contributed by atoms with Gasteiger partial charge in [-0.3, -0.25) is 9.98 Å². The van der Waals surface area contributed by atoms with Gasteiger partial charge in [-0.25, -0.2) is 0 Å². The molecule has 1 saturated carbocycles. The first-order chi connectivity index (χ1) is 14.0. The SMILES string of the molecule is CC(=NC1CCCCC1N=C(C)c1ccccc1O)c1ccccc1O.[Cl][Ti][Cl]. The molecule has 1 fully saturated rings. The van der Waals surface area contributed by atoms with Gasteiger partial charge in [0.05, 0.1) is 12.1 Å². The molecule has 0 radical (unpaired) electrons. The summed E-state index contributed by atoms with van der Waals surface area (Å²) < 4.78 is 0. The van der Waals surface area contributed by atoms with Crippen molar-refractivity contribution < 1.29 is 27.2 Å². The maximum atomic E-state index is 10.1. The van der Waals surface area contributed by atoms with E-state index in [9.17, 15) is 10.2 Å². The van der Waals surface area contributed by atoms with E-state index in [1.54, 1.807) is 12.1 Å². The second-order valence-electron chi connectivity index (χ2n) is 6.95.